The lowest BCUT2D eigenvalue weighted by Gasteiger charge is -2.07. The SMILES string of the molecule is CC(=O)C(C#N)C(=O)Nc1cccc(Br)c1. The Kier molecular flexibility index (Phi) is 4.20. The van der Waals surface area contributed by atoms with Crippen molar-refractivity contribution in [2.45, 2.75) is 6.92 Å². The normalized spacial score (nSPS) is 11.3. The Labute approximate surface area is 101 Å². The molecule has 0 radical (unpaired) electrons. The average molecular weight is 281 g/mol. The molecule has 16 heavy (non-hydrogen) atoms. The average Bonchev–Trinajstić information content (AvgIpc) is 2.17. The number of hydrogen-bond donors (Lipinski definition) is 1. The minimum atomic E-state index is -1.25. The van der Waals surface area contributed by atoms with E-state index in [1.54, 1.807) is 24.3 Å². The van der Waals surface area contributed by atoms with Crippen LogP contribution in [0.3, 0.4) is 0 Å². The number of nitrogens with zero attached hydrogens (tertiary/aromatic N) is 1. The van der Waals surface area contributed by atoms with E-state index in [9.17, 15) is 9.59 Å². The molecule has 0 aliphatic heterocycles. The predicted octanol–water partition coefficient (Wildman–Crippen LogP) is 2.12. The topological polar surface area (TPSA) is 70.0 Å². The summed E-state index contributed by atoms with van der Waals surface area (Å²) in [6.07, 6.45) is 0. The van der Waals surface area contributed by atoms with Gasteiger partial charge >= 0.3 is 0 Å². The van der Waals surface area contributed by atoms with E-state index in [0.717, 1.165) is 4.47 Å². The molecule has 1 amide bonds. The van der Waals surface area contributed by atoms with Crippen molar-refractivity contribution in [2.24, 2.45) is 5.92 Å². The molecule has 0 aromatic heterocycles. The van der Waals surface area contributed by atoms with Crippen molar-refractivity contribution >= 4 is 33.3 Å². The zero-order chi connectivity index (χ0) is 12.1. The summed E-state index contributed by atoms with van der Waals surface area (Å²) in [5.74, 6) is -2.32. The Bertz CT molecular complexity index is 465. The fraction of sp³-hybridized carbons (Fsp3) is 0.182. The van der Waals surface area contributed by atoms with Gasteiger partial charge in [-0.25, -0.2) is 0 Å². The van der Waals surface area contributed by atoms with E-state index >= 15 is 0 Å². The molecule has 0 fully saturated rings. The first kappa shape index (κ1) is 12.4. The van der Waals surface area contributed by atoms with Gasteiger partial charge in [-0.05, 0) is 25.1 Å². The molecule has 1 N–H and O–H groups in total. The number of nitrogens with one attached hydrogen (secondary N) is 1. The van der Waals surface area contributed by atoms with Gasteiger partial charge in [-0.3, -0.25) is 9.59 Å². The van der Waals surface area contributed by atoms with E-state index in [4.69, 9.17) is 5.26 Å². The number of benzene rings is 1. The number of Topliss-reactive ketones (excluding diaryl/α,β-unsaturated/α-hetero) is 1. The maximum Gasteiger partial charge on any atom is 0.249 e. The van der Waals surface area contributed by atoms with E-state index in [1.807, 2.05) is 6.07 Å². The van der Waals surface area contributed by atoms with Crippen LogP contribution in [0.2, 0.25) is 0 Å². The monoisotopic (exact) mass is 280 g/mol. The van der Waals surface area contributed by atoms with Gasteiger partial charge in [-0.1, -0.05) is 22.0 Å². The molecule has 0 bridgehead atoms. The van der Waals surface area contributed by atoms with Crippen molar-refractivity contribution in [3.8, 4) is 6.07 Å². The third kappa shape index (κ3) is 3.17. The second kappa shape index (κ2) is 5.42. The zero-order valence-corrected chi connectivity index (χ0v) is 10.1. The smallest absolute Gasteiger partial charge is 0.249 e. The molecule has 5 heteroatoms. The molecular formula is C11H9BrN2O2. The summed E-state index contributed by atoms with van der Waals surface area (Å²) in [7, 11) is 0. The number of halogens is 1. The molecule has 1 aromatic rings. The van der Waals surface area contributed by atoms with Crippen LogP contribution in [0.15, 0.2) is 28.7 Å². The Morgan fingerprint density at radius 3 is 2.69 bits per heavy atom. The van der Waals surface area contributed by atoms with E-state index in [-0.39, 0.29) is 0 Å². The van der Waals surface area contributed by atoms with Crippen molar-refractivity contribution in [3.05, 3.63) is 28.7 Å². The summed E-state index contributed by atoms with van der Waals surface area (Å²) in [5.41, 5.74) is 0.542. The summed E-state index contributed by atoms with van der Waals surface area (Å²) in [6, 6.07) is 8.58. The number of nitriles is 1. The Morgan fingerprint density at radius 1 is 1.50 bits per heavy atom. The van der Waals surface area contributed by atoms with Crippen LogP contribution >= 0.6 is 15.9 Å². The van der Waals surface area contributed by atoms with Gasteiger partial charge in [0.15, 0.2) is 11.7 Å². The molecule has 1 atom stereocenters. The fourth-order valence-electron chi connectivity index (χ4n) is 1.11. The van der Waals surface area contributed by atoms with E-state index in [1.165, 1.54) is 6.92 Å². The third-order valence-corrected chi connectivity index (χ3v) is 2.38. The van der Waals surface area contributed by atoms with Gasteiger partial charge in [-0.15, -0.1) is 0 Å². The molecule has 1 unspecified atom stereocenters. The lowest BCUT2D eigenvalue weighted by atomic mass is 10.1. The van der Waals surface area contributed by atoms with Crippen LogP contribution in [0.5, 0.6) is 0 Å². The van der Waals surface area contributed by atoms with Crippen molar-refractivity contribution in [3.63, 3.8) is 0 Å². The molecule has 0 spiro atoms. The fourth-order valence-corrected chi connectivity index (χ4v) is 1.51. The number of carbonyl (C=O) groups is 2. The first-order chi connectivity index (χ1) is 7.54. The molecule has 0 heterocycles. The van der Waals surface area contributed by atoms with Crippen LogP contribution in [-0.4, -0.2) is 11.7 Å². The first-order valence-corrected chi connectivity index (χ1v) is 5.30. The molecule has 0 saturated carbocycles. The molecule has 4 nitrogen and oxygen atoms in total. The van der Waals surface area contributed by atoms with Crippen LogP contribution < -0.4 is 5.32 Å². The number of carbonyl (C=O) groups excluding carboxylic acids is 2. The Morgan fingerprint density at radius 2 is 2.19 bits per heavy atom. The molecule has 82 valence electrons. The maximum absolute atomic E-state index is 11.5. The summed E-state index contributed by atoms with van der Waals surface area (Å²) >= 11 is 3.25. The largest absolute Gasteiger partial charge is 0.325 e. The molecule has 1 aromatic carbocycles. The van der Waals surface area contributed by atoms with Gasteiger partial charge in [0.2, 0.25) is 5.91 Å². The van der Waals surface area contributed by atoms with Crippen molar-refractivity contribution in [1.82, 2.24) is 0 Å². The molecular weight excluding hydrogens is 272 g/mol. The standard InChI is InChI=1S/C11H9BrN2O2/c1-7(15)10(6-13)11(16)14-9-4-2-3-8(12)5-9/h2-5,10H,1H3,(H,14,16). The van der Waals surface area contributed by atoms with Gasteiger partial charge in [0.1, 0.15) is 0 Å². The highest BCUT2D eigenvalue weighted by atomic mass is 79.9. The Hall–Kier alpha value is -1.67. The predicted molar refractivity (Wildman–Crippen MR) is 62.6 cm³/mol. The molecule has 1 rings (SSSR count). The van der Waals surface area contributed by atoms with Crippen molar-refractivity contribution in [2.75, 3.05) is 5.32 Å². The quantitative estimate of drug-likeness (QED) is 0.863. The lowest BCUT2D eigenvalue weighted by molar-refractivity contribution is -0.127. The molecule has 0 aliphatic rings. The van der Waals surface area contributed by atoms with E-state index < -0.39 is 17.6 Å². The summed E-state index contributed by atoms with van der Waals surface area (Å²) < 4.78 is 0.807. The number of anilines is 1. The number of amides is 1. The van der Waals surface area contributed by atoms with Crippen molar-refractivity contribution in [1.29, 1.82) is 5.26 Å². The maximum atomic E-state index is 11.5. The molecule has 0 saturated heterocycles. The number of rotatable bonds is 3. The Balaban J connectivity index is 2.79. The summed E-state index contributed by atoms with van der Waals surface area (Å²) in [5, 5.41) is 11.2. The van der Waals surface area contributed by atoms with Crippen LogP contribution in [0.25, 0.3) is 0 Å². The third-order valence-electron chi connectivity index (χ3n) is 1.89. The van der Waals surface area contributed by atoms with E-state index in [0.29, 0.717) is 5.69 Å². The second-order valence-electron chi connectivity index (χ2n) is 3.17. The van der Waals surface area contributed by atoms with Crippen molar-refractivity contribution < 1.29 is 9.59 Å². The minimum absolute atomic E-state index is 0.463. The minimum Gasteiger partial charge on any atom is -0.325 e. The highest BCUT2D eigenvalue weighted by molar-refractivity contribution is 9.10. The highest BCUT2D eigenvalue weighted by Gasteiger charge is 2.22. The van der Waals surface area contributed by atoms with Crippen LogP contribution in [0.1, 0.15) is 6.92 Å². The number of hydrogen-bond acceptors (Lipinski definition) is 3. The van der Waals surface area contributed by atoms with Gasteiger partial charge in [-0.2, -0.15) is 5.26 Å². The summed E-state index contributed by atoms with van der Waals surface area (Å²) in [4.78, 5) is 22.5. The summed E-state index contributed by atoms with van der Waals surface area (Å²) in [6.45, 7) is 1.22. The second-order valence-corrected chi connectivity index (χ2v) is 4.09. The van der Waals surface area contributed by atoms with E-state index in [2.05, 4.69) is 21.2 Å². The van der Waals surface area contributed by atoms with Gasteiger partial charge in [0, 0.05) is 10.2 Å². The van der Waals surface area contributed by atoms with Crippen LogP contribution in [0, 0.1) is 17.2 Å². The van der Waals surface area contributed by atoms with Crippen LogP contribution in [0.4, 0.5) is 5.69 Å². The van der Waals surface area contributed by atoms with Gasteiger partial charge in [0.25, 0.3) is 0 Å². The zero-order valence-electron chi connectivity index (χ0n) is 8.53. The van der Waals surface area contributed by atoms with Crippen LogP contribution in [-0.2, 0) is 9.59 Å². The van der Waals surface area contributed by atoms with Gasteiger partial charge in [0.05, 0.1) is 6.07 Å². The lowest BCUT2D eigenvalue weighted by Crippen LogP contribution is -2.26. The molecule has 0 aliphatic carbocycles. The number of ketones is 1. The first-order valence-electron chi connectivity index (χ1n) is 4.51. The van der Waals surface area contributed by atoms with Gasteiger partial charge < -0.3 is 5.32 Å². The highest BCUT2D eigenvalue weighted by Crippen LogP contribution is 2.16.